The molecule has 1 heterocycles. The van der Waals surface area contributed by atoms with Gasteiger partial charge in [-0.25, -0.2) is 5.84 Å². The van der Waals surface area contributed by atoms with Crippen LogP contribution in [-0.2, 0) is 6.61 Å². The summed E-state index contributed by atoms with van der Waals surface area (Å²) in [6, 6.07) is 9.58. The van der Waals surface area contributed by atoms with Gasteiger partial charge in [-0.15, -0.1) is 0 Å². The second kappa shape index (κ2) is 6.25. The molecule has 0 saturated heterocycles. The Kier molecular flexibility index (Phi) is 4.42. The molecule has 2 aromatic rings. The first-order chi connectivity index (χ1) is 9.61. The molecule has 0 aliphatic heterocycles. The van der Waals surface area contributed by atoms with Crippen LogP contribution in [0, 0.1) is 0 Å². The van der Waals surface area contributed by atoms with Crippen LogP contribution in [0.1, 0.15) is 41.4 Å². The van der Waals surface area contributed by atoms with Gasteiger partial charge in [-0.05, 0) is 29.7 Å². The normalized spacial score (nSPS) is 10.6. The molecule has 0 radical (unpaired) electrons. The molecule has 0 aliphatic rings. The Bertz CT molecular complexity index is 590. The first-order valence-corrected chi connectivity index (χ1v) is 6.42. The average molecular weight is 274 g/mol. The monoisotopic (exact) mass is 274 g/mol. The summed E-state index contributed by atoms with van der Waals surface area (Å²) in [5, 5.41) is 0. The van der Waals surface area contributed by atoms with Crippen LogP contribution in [-0.4, -0.2) is 5.91 Å². The van der Waals surface area contributed by atoms with E-state index in [-0.39, 0.29) is 12.4 Å². The Hall–Kier alpha value is -2.27. The van der Waals surface area contributed by atoms with E-state index in [9.17, 15) is 4.79 Å². The SMILES string of the molecule is CC(C)c1cccc(OCc2ccoc2C(=O)NN)c1. The Morgan fingerprint density at radius 2 is 2.20 bits per heavy atom. The lowest BCUT2D eigenvalue weighted by atomic mass is 10.0. The van der Waals surface area contributed by atoms with Crippen LogP contribution in [0.15, 0.2) is 41.0 Å². The van der Waals surface area contributed by atoms with Gasteiger partial charge >= 0.3 is 5.91 Å². The predicted octanol–water partition coefficient (Wildman–Crippen LogP) is 2.59. The third-order valence-corrected chi connectivity index (χ3v) is 3.00. The number of ether oxygens (including phenoxy) is 1. The molecular weight excluding hydrogens is 256 g/mol. The van der Waals surface area contributed by atoms with Crippen molar-refractivity contribution in [3.05, 3.63) is 53.5 Å². The van der Waals surface area contributed by atoms with Crippen molar-refractivity contribution in [2.24, 2.45) is 5.84 Å². The molecule has 0 bridgehead atoms. The lowest BCUT2D eigenvalue weighted by Crippen LogP contribution is -2.30. The minimum absolute atomic E-state index is 0.174. The van der Waals surface area contributed by atoms with E-state index in [1.807, 2.05) is 23.6 Å². The zero-order valence-electron chi connectivity index (χ0n) is 11.6. The van der Waals surface area contributed by atoms with Gasteiger partial charge in [0.25, 0.3) is 0 Å². The highest BCUT2D eigenvalue weighted by Gasteiger charge is 2.14. The standard InChI is InChI=1S/C15H18N2O3/c1-10(2)11-4-3-5-13(8-11)20-9-12-6-7-19-14(12)15(18)17-16/h3-8,10H,9,16H2,1-2H3,(H,17,18). The van der Waals surface area contributed by atoms with Crippen LogP contribution in [0.3, 0.4) is 0 Å². The maximum Gasteiger partial charge on any atom is 0.301 e. The molecular formula is C15H18N2O3. The van der Waals surface area contributed by atoms with Crippen LogP contribution in [0.2, 0.25) is 0 Å². The largest absolute Gasteiger partial charge is 0.489 e. The molecule has 0 saturated carbocycles. The van der Waals surface area contributed by atoms with Gasteiger partial charge in [0.1, 0.15) is 12.4 Å². The van der Waals surface area contributed by atoms with Crippen LogP contribution in [0.4, 0.5) is 0 Å². The molecule has 1 amide bonds. The van der Waals surface area contributed by atoms with E-state index in [1.54, 1.807) is 6.07 Å². The van der Waals surface area contributed by atoms with Gasteiger partial charge in [0.05, 0.1) is 6.26 Å². The highest BCUT2D eigenvalue weighted by Crippen LogP contribution is 2.21. The summed E-state index contributed by atoms with van der Waals surface area (Å²) in [5.41, 5.74) is 3.90. The number of carbonyl (C=O) groups is 1. The van der Waals surface area contributed by atoms with Crippen molar-refractivity contribution in [3.8, 4) is 5.75 Å². The third kappa shape index (κ3) is 3.19. The molecule has 106 valence electrons. The van der Waals surface area contributed by atoms with Crippen molar-refractivity contribution in [1.82, 2.24) is 5.43 Å². The van der Waals surface area contributed by atoms with Gasteiger partial charge in [0, 0.05) is 5.56 Å². The molecule has 20 heavy (non-hydrogen) atoms. The predicted molar refractivity (Wildman–Crippen MR) is 75.2 cm³/mol. The van der Waals surface area contributed by atoms with E-state index in [0.717, 1.165) is 5.75 Å². The maximum atomic E-state index is 11.5. The number of nitrogens with two attached hydrogens (primary N) is 1. The van der Waals surface area contributed by atoms with Crippen molar-refractivity contribution in [2.75, 3.05) is 0 Å². The molecule has 1 aromatic heterocycles. The molecule has 0 fully saturated rings. The van der Waals surface area contributed by atoms with Crippen molar-refractivity contribution >= 4 is 5.91 Å². The first kappa shape index (κ1) is 14.1. The number of carbonyl (C=O) groups excluding carboxylic acids is 1. The number of amides is 1. The van der Waals surface area contributed by atoms with Crippen LogP contribution in [0.5, 0.6) is 5.75 Å². The van der Waals surface area contributed by atoms with E-state index < -0.39 is 5.91 Å². The molecule has 0 unspecified atom stereocenters. The van der Waals surface area contributed by atoms with Gasteiger partial charge < -0.3 is 9.15 Å². The summed E-state index contributed by atoms with van der Waals surface area (Å²) in [7, 11) is 0. The van der Waals surface area contributed by atoms with Gasteiger partial charge in [-0.3, -0.25) is 10.2 Å². The summed E-state index contributed by atoms with van der Waals surface area (Å²) in [6.07, 6.45) is 1.44. The summed E-state index contributed by atoms with van der Waals surface area (Å²) in [4.78, 5) is 11.5. The fourth-order valence-corrected chi connectivity index (χ4v) is 1.84. The van der Waals surface area contributed by atoms with E-state index in [2.05, 4.69) is 19.9 Å². The van der Waals surface area contributed by atoms with E-state index in [4.69, 9.17) is 15.0 Å². The lowest BCUT2D eigenvalue weighted by molar-refractivity contribution is 0.0922. The van der Waals surface area contributed by atoms with Crippen molar-refractivity contribution in [1.29, 1.82) is 0 Å². The van der Waals surface area contributed by atoms with Crippen LogP contribution < -0.4 is 16.0 Å². The Morgan fingerprint density at radius 3 is 2.90 bits per heavy atom. The third-order valence-electron chi connectivity index (χ3n) is 3.00. The summed E-state index contributed by atoms with van der Waals surface area (Å²) >= 11 is 0. The molecule has 0 atom stereocenters. The van der Waals surface area contributed by atoms with Gasteiger partial charge in [0.15, 0.2) is 5.76 Å². The molecule has 5 heteroatoms. The maximum absolute atomic E-state index is 11.5. The number of hydrogen-bond donors (Lipinski definition) is 2. The quantitative estimate of drug-likeness (QED) is 0.499. The number of hydrazine groups is 1. The number of nitrogen functional groups attached to an aromatic ring is 1. The second-order valence-corrected chi connectivity index (χ2v) is 4.76. The summed E-state index contributed by atoms with van der Waals surface area (Å²) in [5.74, 6) is 5.99. The molecule has 0 aliphatic carbocycles. The second-order valence-electron chi connectivity index (χ2n) is 4.76. The first-order valence-electron chi connectivity index (χ1n) is 6.42. The van der Waals surface area contributed by atoms with E-state index >= 15 is 0 Å². The minimum Gasteiger partial charge on any atom is -0.489 e. The van der Waals surface area contributed by atoms with Crippen LogP contribution in [0.25, 0.3) is 0 Å². The topological polar surface area (TPSA) is 77.5 Å². The zero-order chi connectivity index (χ0) is 14.5. The minimum atomic E-state index is -0.468. The van der Waals surface area contributed by atoms with Crippen LogP contribution >= 0.6 is 0 Å². The highest BCUT2D eigenvalue weighted by molar-refractivity contribution is 5.92. The van der Waals surface area contributed by atoms with Gasteiger partial charge in [-0.1, -0.05) is 26.0 Å². The molecule has 1 aromatic carbocycles. The molecule has 0 spiro atoms. The number of furan rings is 1. The lowest BCUT2D eigenvalue weighted by Gasteiger charge is -2.09. The van der Waals surface area contributed by atoms with E-state index in [1.165, 1.54) is 11.8 Å². The van der Waals surface area contributed by atoms with Crippen molar-refractivity contribution in [2.45, 2.75) is 26.4 Å². The Balaban J connectivity index is 2.07. The van der Waals surface area contributed by atoms with Crippen molar-refractivity contribution in [3.63, 3.8) is 0 Å². The number of benzene rings is 1. The van der Waals surface area contributed by atoms with Gasteiger partial charge in [0.2, 0.25) is 0 Å². The van der Waals surface area contributed by atoms with Crippen molar-refractivity contribution < 1.29 is 13.9 Å². The number of rotatable bonds is 5. The Morgan fingerprint density at radius 1 is 1.40 bits per heavy atom. The average Bonchev–Trinajstić information content (AvgIpc) is 2.93. The zero-order valence-corrected chi connectivity index (χ0v) is 11.6. The fraction of sp³-hybridized carbons (Fsp3) is 0.267. The molecule has 5 nitrogen and oxygen atoms in total. The van der Waals surface area contributed by atoms with E-state index in [0.29, 0.717) is 11.5 Å². The summed E-state index contributed by atoms with van der Waals surface area (Å²) in [6.45, 7) is 4.50. The Labute approximate surface area is 117 Å². The van der Waals surface area contributed by atoms with Gasteiger partial charge in [-0.2, -0.15) is 0 Å². The number of hydrogen-bond acceptors (Lipinski definition) is 4. The molecule has 3 N–H and O–H groups in total. The number of nitrogens with one attached hydrogen (secondary N) is 1. The summed E-state index contributed by atoms with van der Waals surface area (Å²) < 4.78 is 10.8. The highest BCUT2D eigenvalue weighted by atomic mass is 16.5. The smallest absolute Gasteiger partial charge is 0.301 e. The molecule has 2 rings (SSSR count). The fourth-order valence-electron chi connectivity index (χ4n) is 1.84.